The van der Waals surface area contributed by atoms with Crippen molar-refractivity contribution in [1.29, 1.82) is 0 Å². The molecule has 4 nitrogen and oxygen atoms in total. The van der Waals surface area contributed by atoms with Crippen LogP contribution in [0.2, 0.25) is 0 Å². The number of hydrogen-bond acceptors (Lipinski definition) is 4. The highest BCUT2D eigenvalue weighted by Gasteiger charge is 2.38. The number of methoxy groups -OCH3 is 2. The smallest absolute Gasteiger partial charge is 0.161 e. The highest BCUT2D eigenvalue weighted by molar-refractivity contribution is 5.44. The second kappa shape index (κ2) is 8.54. The second-order valence-corrected chi connectivity index (χ2v) is 8.63. The number of hydrogen-bond donors (Lipinski definition) is 1. The first kappa shape index (κ1) is 20.7. The Kier molecular flexibility index (Phi) is 6.31. The topological polar surface area (TPSA) is 47.9 Å². The third-order valence-electron chi connectivity index (χ3n) is 5.75. The predicted octanol–water partition coefficient (Wildman–Crippen LogP) is 4.54. The van der Waals surface area contributed by atoms with Gasteiger partial charge >= 0.3 is 0 Å². The van der Waals surface area contributed by atoms with Crippen molar-refractivity contribution in [2.24, 2.45) is 11.8 Å². The summed E-state index contributed by atoms with van der Waals surface area (Å²) in [4.78, 5) is 0. The van der Waals surface area contributed by atoms with Crippen molar-refractivity contribution in [2.75, 3.05) is 27.4 Å². The zero-order valence-electron chi connectivity index (χ0n) is 17.6. The van der Waals surface area contributed by atoms with Crippen molar-refractivity contribution >= 4 is 0 Å². The maximum absolute atomic E-state index is 10.1. The zero-order valence-corrected chi connectivity index (χ0v) is 17.6. The van der Waals surface area contributed by atoms with Gasteiger partial charge in [-0.3, -0.25) is 0 Å². The average molecular weight is 385 g/mol. The van der Waals surface area contributed by atoms with Crippen LogP contribution >= 0.6 is 0 Å². The Morgan fingerprint density at radius 3 is 2.25 bits per heavy atom. The first-order valence-corrected chi connectivity index (χ1v) is 9.91. The number of ether oxygens (including phenoxy) is 3. The molecule has 1 N–H and O–H groups in total. The lowest BCUT2D eigenvalue weighted by molar-refractivity contribution is 0.0717. The van der Waals surface area contributed by atoms with Gasteiger partial charge in [0.15, 0.2) is 11.5 Å². The van der Waals surface area contributed by atoms with Gasteiger partial charge in [0.25, 0.3) is 0 Å². The fourth-order valence-corrected chi connectivity index (χ4v) is 3.99. The van der Waals surface area contributed by atoms with E-state index in [4.69, 9.17) is 14.2 Å². The molecule has 0 radical (unpaired) electrons. The average Bonchev–Trinajstić information content (AvgIpc) is 3.09. The maximum atomic E-state index is 10.1. The van der Waals surface area contributed by atoms with Crippen molar-refractivity contribution in [2.45, 2.75) is 38.7 Å². The van der Waals surface area contributed by atoms with Crippen molar-refractivity contribution in [1.82, 2.24) is 0 Å². The van der Waals surface area contributed by atoms with E-state index in [-0.39, 0.29) is 30.0 Å². The molecule has 1 aliphatic heterocycles. The molecule has 2 aromatic rings. The van der Waals surface area contributed by atoms with E-state index in [1.54, 1.807) is 14.2 Å². The number of benzene rings is 2. The molecule has 0 bridgehead atoms. The summed E-state index contributed by atoms with van der Waals surface area (Å²) in [6.07, 6.45) is 0.767. The molecule has 152 valence electrons. The molecule has 0 spiro atoms. The normalized spacial score (nSPS) is 22.3. The molecule has 1 fully saturated rings. The Bertz CT molecular complexity index is 776. The quantitative estimate of drug-likeness (QED) is 0.794. The van der Waals surface area contributed by atoms with Crippen LogP contribution in [-0.2, 0) is 16.6 Å². The first-order valence-electron chi connectivity index (χ1n) is 9.91. The van der Waals surface area contributed by atoms with Crippen LogP contribution in [0.4, 0.5) is 0 Å². The van der Waals surface area contributed by atoms with Gasteiger partial charge in [0.1, 0.15) is 0 Å². The van der Waals surface area contributed by atoms with Crippen LogP contribution in [0.1, 0.15) is 43.6 Å². The summed E-state index contributed by atoms with van der Waals surface area (Å²) >= 11 is 0. The van der Waals surface area contributed by atoms with Crippen LogP contribution in [0, 0.1) is 11.8 Å². The number of aliphatic hydroxyl groups is 1. The van der Waals surface area contributed by atoms with E-state index >= 15 is 0 Å². The first-order chi connectivity index (χ1) is 13.4. The van der Waals surface area contributed by atoms with E-state index in [1.165, 1.54) is 11.1 Å². The Labute approximate surface area is 168 Å². The van der Waals surface area contributed by atoms with Crippen molar-refractivity contribution < 1.29 is 19.3 Å². The Hall–Kier alpha value is -2.04. The minimum atomic E-state index is -0.136. The minimum Gasteiger partial charge on any atom is -0.493 e. The lowest BCUT2D eigenvalue weighted by Crippen LogP contribution is -2.21. The van der Waals surface area contributed by atoms with Crippen LogP contribution in [0.5, 0.6) is 11.5 Å². The molecule has 0 amide bonds. The Balaban J connectivity index is 1.75. The number of aliphatic hydroxyl groups excluding tert-OH is 1. The lowest BCUT2D eigenvalue weighted by Gasteiger charge is -2.23. The zero-order chi connectivity index (χ0) is 20.3. The summed E-state index contributed by atoms with van der Waals surface area (Å²) < 4.78 is 16.9. The van der Waals surface area contributed by atoms with Gasteiger partial charge in [0.2, 0.25) is 0 Å². The summed E-state index contributed by atoms with van der Waals surface area (Å²) in [5.41, 5.74) is 3.79. The third kappa shape index (κ3) is 4.34. The molecule has 0 aromatic heterocycles. The van der Waals surface area contributed by atoms with Gasteiger partial charge in [-0.1, -0.05) is 51.1 Å². The van der Waals surface area contributed by atoms with Crippen LogP contribution in [0.25, 0.3) is 0 Å². The molecular formula is C24H32O4. The number of rotatable bonds is 6. The van der Waals surface area contributed by atoms with E-state index < -0.39 is 0 Å². The molecule has 1 heterocycles. The van der Waals surface area contributed by atoms with E-state index in [2.05, 4.69) is 45.0 Å². The summed E-state index contributed by atoms with van der Waals surface area (Å²) in [6.45, 7) is 7.42. The summed E-state index contributed by atoms with van der Waals surface area (Å²) in [5, 5.41) is 10.1. The van der Waals surface area contributed by atoms with E-state index in [9.17, 15) is 5.11 Å². The van der Waals surface area contributed by atoms with Crippen LogP contribution in [-0.4, -0.2) is 32.5 Å². The van der Waals surface area contributed by atoms with Crippen LogP contribution < -0.4 is 9.47 Å². The maximum Gasteiger partial charge on any atom is 0.161 e. The molecule has 1 saturated heterocycles. The molecular weight excluding hydrogens is 352 g/mol. The highest BCUT2D eigenvalue weighted by Crippen LogP contribution is 2.42. The van der Waals surface area contributed by atoms with Gasteiger partial charge < -0.3 is 19.3 Å². The van der Waals surface area contributed by atoms with Gasteiger partial charge in [-0.25, -0.2) is 0 Å². The van der Waals surface area contributed by atoms with E-state index in [1.807, 2.05) is 18.2 Å². The van der Waals surface area contributed by atoms with Crippen molar-refractivity contribution in [3.05, 3.63) is 59.2 Å². The SMILES string of the molecule is COc1ccc([C@H]2OC[C@H](Cc3ccc(C(C)(C)C)cc3)[C@@H]2CO)cc1OC. The Morgan fingerprint density at radius 2 is 1.68 bits per heavy atom. The fraction of sp³-hybridized carbons (Fsp3) is 0.500. The molecule has 3 atom stereocenters. The largest absolute Gasteiger partial charge is 0.493 e. The van der Waals surface area contributed by atoms with Crippen LogP contribution in [0.3, 0.4) is 0 Å². The van der Waals surface area contributed by atoms with E-state index in [0.717, 1.165) is 12.0 Å². The molecule has 3 rings (SSSR count). The summed E-state index contributed by atoms with van der Waals surface area (Å²) in [7, 11) is 3.26. The predicted molar refractivity (Wildman–Crippen MR) is 111 cm³/mol. The van der Waals surface area contributed by atoms with E-state index in [0.29, 0.717) is 18.1 Å². The highest BCUT2D eigenvalue weighted by atomic mass is 16.5. The Morgan fingerprint density at radius 1 is 1.00 bits per heavy atom. The van der Waals surface area contributed by atoms with Gasteiger partial charge in [0, 0.05) is 12.5 Å². The molecule has 1 aliphatic rings. The van der Waals surface area contributed by atoms with Crippen molar-refractivity contribution in [3.63, 3.8) is 0 Å². The van der Waals surface area contributed by atoms with Gasteiger partial charge in [-0.15, -0.1) is 0 Å². The molecule has 4 heteroatoms. The fourth-order valence-electron chi connectivity index (χ4n) is 3.99. The minimum absolute atomic E-state index is 0.0559. The molecule has 2 aromatic carbocycles. The molecule has 28 heavy (non-hydrogen) atoms. The van der Waals surface area contributed by atoms with Gasteiger partial charge in [-0.2, -0.15) is 0 Å². The van der Waals surface area contributed by atoms with Gasteiger partial charge in [0.05, 0.1) is 26.9 Å². The van der Waals surface area contributed by atoms with Crippen molar-refractivity contribution in [3.8, 4) is 11.5 Å². The summed E-state index contributed by atoms with van der Waals surface area (Å²) in [5.74, 6) is 1.71. The monoisotopic (exact) mass is 384 g/mol. The van der Waals surface area contributed by atoms with Gasteiger partial charge in [-0.05, 0) is 46.6 Å². The summed E-state index contributed by atoms with van der Waals surface area (Å²) in [6, 6.07) is 14.7. The molecule has 0 aliphatic carbocycles. The second-order valence-electron chi connectivity index (χ2n) is 8.63. The van der Waals surface area contributed by atoms with Crippen LogP contribution in [0.15, 0.2) is 42.5 Å². The lowest BCUT2D eigenvalue weighted by atomic mass is 9.83. The molecule has 0 unspecified atom stereocenters. The molecule has 0 saturated carbocycles. The third-order valence-corrected chi connectivity index (χ3v) is 5.75. The standard InChI is InChI=1S/C24H32O4/c1-24(2,3)19-9-6-16(7-10-19)12-18-15-28-23(20(18)14-25)17-8-11-21(26-4)22(13-17)27-5/h6-11,13,18,20,23,25H,12,14-15H2,1-5H3/t18-,20-,23+/m0/s1.